The van der Waals surface area contributed by atoms with Crippen molar-refractivity contribution in [3.8, 4) is 5.75 Å². The maximum absolute atomic E-state index is 13.4. The predicted octanol–water partition coefficient (Wildman–Crippen LogP) is 2.10. The van der Waals surface area contributed by atoms with Crippen LogP contribution >= 0.6 is 0 Å². The summed E-state index contributed by atoms with van der Waals surface area (Å²) >= 11 is 0. The fraction of sp³-hybridized carbons (Fsp3) is 0.522. The molecule has 0 heterocycles. The van der Waals surface area contributed by atoms with Crippen LogP contribution in [0.15, 0.2) is 12.1 Å². The van der Waals surface area contributed by atoms with E-state index in [0.29, 0.717) is 0 Å². The Morgan fingerprint density at radius 3 is 2.33 bits per heavy atom. The monoisotopic (exact) mass is 466 g/mol. The number of benzene rings is 1. The van der Waals surface area contributed by atoms with E-state index in [1.165, 1.54) is 0 Å². The average Bonchev–Trinajstić information content (AvgIpc) is 2.69. The summed E-state index contributed by atoms with van der Waals surface area (Å²) in [5.74, 6) is -12.9. The number of halogens is 3. The van der Waals surface area contributed by atoms with Gasteiger partial charge in [-0.05, 0) is 49.8 Å². The first-order valence-corrected chi connectivity index (χ1v) is 10.5. The van der Waals surface area contributed by atoms with Crippen molar-refractivity contribution in [3.63, 3.8) is 0 Å². The van der Waals surface area contributed by atoms with Crippen LogP contribution < -0.4 is 0 Å². The molecule has 0 radical (unpaired) electrons. The van der Waals surface area contributed by atoms with E-state index in [9.17, 15) is 47.4 Å². The zero-order chi connectivity index (χ0) is 24.6. The number of carbonyl (C=O) groups is 5. The lowest BCUT2D eigenvalue weighted by Gasteiger charge is -2.49. The molecular formula is C23H21F3O7. The van der Waals surface area contributed by atoms with Crippen molar-refractivity contribution in [1.29, 1.82) is 0 Å². The first kappa shape index (κ1) is 23.3. The quantitative estimate of drug-likeness (QED) is 0.640. The Morgan fingerprint density at radius 2 is 1.76 bits per heavy atom. The van der Waals surface area contributed by atoms with Gasteiger partial charge in [-0.2, -0.15) is 13.2 Å². The van der Waals surface area contributed by atoms with Crippen molar-refractivity contribution < 1.29 is 47.4 Å². The third-order valence-corrected chi connectivity index (χ3v) is 7.40. The smallest absolute Gasteiger partial charge is 0.395 e. The molecule has 1 aromatic carbocycles. The number of hydrogen-bond acceptors (Lipinski definition) is 7. The van der Waals surface area contributed by atoms with Crippen molar-refractivity contribution in [3.05, 3.63) is 28.8 Å². The number of alkyl halides is 3. The minimum absolute atomic E-state index is 0.0283. The lowest BCUT2D eigenvalue weighted by atomic mass is 9.53. The number of Topliss-reactive ketones (excluding diaryl/α,β-unsaturated/α-hetero) is 5. The third kappa shape index (κ3) is 3.18. The van der Waals surface area contributed by atoms with Gasteiger partial charge in [0.1, 0.15) is 17.5 Å². The largest absolute Gasteiger partial charge is 0.507 e. The molecule has 0 aromatic heterocycles. The van der Waals surface area contributed by atoms with Gasteiger partial charge >= 0.3 is 6.18 Å². The van der Waals surface area contributed by atoms with E-state index in [1.54, 1.807) is 0 Å². The topological polar surface area (TPSA) is 126 Å². The van der Waals surface area contributed by atoms with Gasteiger partial charge in [0.2, 0.25) is 0 Å². The van der Waals surface area contributed by atoms with Crippen LogP contribution in [0, 0.1) is 23.7 Å². The Hall–Kier alpha value is -2.88. The number of phenols is 1. The van der Waals surface area contributed by atoms with Crippen LogP contribution in [-0.2, 0) is 25.6 Å². The molecule has 2 N–H and O–H groups in total. The van der Waals surface area contributed by atoms with Gasteiger partial charge in [-0.3, -0.25) is 24.0 Å². The fourth-order valence-electron chi connectivity index (χ4n) is 5.70. The van der Waals surface area contributed by atoms with Gasteiger partial charge < -0.3 is 10.2 Å². The number of aliphatic hydroxyl groups is 1. The Morgan fingerprint density at radius 1 is 1.12 bits per heavy atom. The second-order valence-electron chi connectivity index (χ2n) is 9.24. The zero-order valence-electron chi connectivity index (χ0n) is 17.7. The lowest BCUT2D eigenvalue weighted by molar-refractivity contribution is -0.175. The molecule has 2 saturated carbocycles. The summed E-state index contributed by atoms with van der Waals surface area (Å²) < 4.78 is 40.3. The van der Waals surface area contributed by atoms with Crippen LogP contribution in [0.5, 0.6) is 5.75 Å². The Kier molecular flexibility index (Phi) is 5.16. The summed E-state index contributed by atoms with van der Waals surface area (Å²) in [6.07, 6.45) is -5.37. The van der Waals surface area contributed by atoms with E-state index in [0.717, 1.165) is 26.0 Å². The molecular weight excluding hydrogens is 445 g/mol. The summed E-state index contributed by atoms with van der Waals surface area (Å²) in [6, 6.07) is 2.04. The Labute approximate surface area is 186 Å². The normalized spacial score (nSPS) is 32.7. The van der Waals surface area contributed by atoms with Crippen LogP contribution in [0.2, 0.25) is 0 Å². The maximum atomic E-state index is 13.4. The molecule has 176 valence electrons. The van der Waals surface area contributed by atoms with E-state index in [1.807, 2.05) is 0 Å². The highest BCUT2D eigenvalue weighted by Crippen LogP contribution is 2.51. The van der Waals surface area contributed by atoms with Gasteiger partial charge in [0.15, 0.2) is 28.7 Å². The zero-order valence-corrected chi connectivity index (χ0v) is 17.7. The number of hydrogen-bond donors (Lipinski definition) is 2. The van der Waals surface area contributed by atoms with Gasteiger partial charge in [0, 0.05) is 12.3 Å². The first-order chi connectivity index (χ1) is 15.2. The molecule has 0 saturated heterocycles. The van der Waals surface area contributed by atoms with Gasteiger partial charge in [0.25, 0.3) is 0 Å². The van der Waals surface area contributed by atoms with Gasteiger partial charge in [0.05, 0.1) is 17.4 Å². The number of fused-ring (bicyclic) bond motifs is 3. The Balaban J connectivity index is 1.82. The molecule has 0 bridgehead atoms. The molecule has 0 spiro atoms. The third-order valence-electron chi connectivity index (χ3n) is 7.40. The van der Waals surface area contributed by atoms with E-state index >= 15 is 0 Å². The van der Waals surface area contributed by atoms with Crippen molar-refractivity contribution in [2.45, 2.75) is 50.8 Å². The maximum Gasteiger partial charge on any atom is 0.395 e. The summed E-state index contributed by atoms with van der Waals surface area (Å²) in [5.41, 5.74) is -3.38. The number of rotatable bonds is 2. The molecule has 3 aliphatic carbocycles. The van der Waals surface area contributed by atoms with E-state index in [2.05, 4.69) is 0 Å². The van der Waals surface area contributed by atoms with Gasteiger partial charge in [-0.15, -0.1) is 0 Å². The summed E-state index contributed by atoms with van der Waals surface area (Å²) in [6.45, 7) is 1.91. The van der Waals surface area contributed by atoms with E-state index in [-0.39, 0.29) is 24.0 Å². The minimum atomic E-state index is -4.61. The minimum Gasteiger partial charge on any atom is -0.507 e. The molecule has 4 rings (SSSR count). The second-order valence-corrected chi connectivity index (χ2v) is 9.24. The highest BCUT2D eigenvalue weighted by atomic mass is 19.4. The first-order valence-electron chi connectivity index (χ1n) is 10.5. The van der Waals surface area contributed by atoms with E-state index < -0.39 is 88.0 Å². The predicted molar refractivity (Wildman–Crippen MR) is 104 cm³/mol. The van der Waals surface area contributed by atoms with Crippen molar-refractivity contribution in [2.24, 2.45) is 23.7 Å². The van der Waals surface area contributed by atoms with Crippen molar-refractivity contribution in [2.75, 3.05) is 0 Å². The lowest BCUT2D eigenvalue weighted by Crippen LogP contribution is -2.67. The van der Waals surface area contributed by atoms with Crippen LogP contribution in [0.1, 0.15) is 54.1 Å². The summed E-state index contributed by atoms with van der Waals surface area (Å²) in [4.78, 5) is 63.7. The highest BCUT2D eigenvalue weighted by Gasteiger charge is 2.65. The van der Waals surface area contributed by atoms with Crippen LogP contribution in [-0.4, -0.2) is 50.9 Å². The molecule has 7 nitrogen and oxygen atoms in total. The van der Waals surface area contributed by atoms with E-state index in [4.69, 9.17) is 0 Å². The number of carbonyl (C=O) groups excluding carboxylic acids is 5. The molecule has 5 unspecified atom stereocenters. The van der Waals surface area contributed by atoms with Crippen molar-refractivity contribution >= 4 is 28.9 Å². The van der Waals surface area contributed by atoms with Crippen LogP contribution in [0.3, 0.4) is 0 Å². The number of aromatic hydroxyl groups is 1. The molecule has 0 amide bonds. The average molecular weight is 466 g/mol. The van der Waals surface area contributed by atoms with Gasteiger partial charge in [-0.1, -0.05) is 6.07 Å². The summed E-state index contributed by atoms with van der Waals surface area (Å²) in [5, 5.41) is 21.4. The molecule has 33 heavy (non-hydrogen) atoms. The van der Waals surface area contributed by atoms with Crippen molar-refractivity contribution in [1.82, 2.24) is 0 Å². The molecule has 10 heteroatoms. The Bertz CT molecular complexity index is 1120. The molecule has 6 atom stereocenters. The van der Waals surface area contributed by atoms with Crippen LogP contribution in [0.25, 0.3) is 0 Å². The number of ketones is 5. The molecule has 3 aliphatic rings. The standard InChI is InChI=1S/C23H21F3O7/c1-8(23(24,25)26)12-3-4-14(28)18-13(12)6-10-5-11-7-15(29)16(9(2)27)20(31)22(11,33)21(32)17(10)19(18)30/h3-4,8,10-11,16-17,28,33H,5-7H2,1-2H3/t8?,10?,11?,16?,17?,22-/m1/s1. The molecule has 2 fully saturated rings. The van der Waals surface area contributed by atoms with Gasteiger partial charge in [-0.25, -0.2) is 0 Å². The number of phenolic OH excluding ortho intramolecular Hbond substituents is 1. The molecule has 0 aliphatic heterocycles. The highest BCUT2D eigenvalue weighted by molar-refractivity contribution is 6.31. The second kappa shape index (κ2) is 7.31. The van der Waals surface area contributed by atoms with Crippen LogP contribution in [0.4, 0.5) is 13.2 Å². The fourth-order valence-corrected chi connectivity index (χ4v) is 5.70. The SMILES string of the molecule is CC(=O)C1C(=O)CC2CC3Cc4c(C(C)C(F)(F)F)ccc(O)c4C(=O)C3C(=O)[C@]2(O)C1=O. The molecule has 1 aromatic rings. The summed E-state index contributed by atoms with van der Waals surface area (Å²) in [7, 11) is 0.